The van der Waals surface area contributed by atoms with Gasteiger partial charge in [0.05, 0.1) is 11.3 Å². The fourth-order valence-corrected chi connectivity index (χ4v) is 3.62. The topological polar surface area (TPSA) is 90.9 Å². The normalized spacial score (nSPS) is 26.2. The van der Waals surface area contributed by atoms with Crippen LogP contribution >= 0.6 is 12.4 Å². The number of hydrogen-bond acceptors (Lipinski definition) is 5. The number of sulfonamides is 1. The summed E-state index contributed by atoms with van der Waals surface area (Å²) in [7, 11) is -3.47. The Morgan fingerprint density at radius 2 is 2.27 bits per heavy atom. The number of allylic oxidation sites excluding steroid dienone is 2. The number of piperidine rings is 1. The summed E-state index contributed by atoms with van der Waals surface area (Å²) < 4.78 is 27.1. The smallest absolute Gasteiger partial charge is 0.256 e. The Kier molecular flexibility index (Phi) is 5.25. The second kappa shape index (κ2) is 6.80. The molecule has 0 aromatic carbocycles. The lowest BCUT2D eigenvalue weighted by atomic mass is 10.1. The zero-order chi connectivity index (χ0) is 14.9. The van der Waals surface area contributed by atoms with Crippen LogP contribution in [0, 0.1) is 0 Å². The van der Waals surface area contributed by atoms with E-state index in [-0.39, 0.29) is 35.9 Å². The van der Waals surface area contributed by atoms with E-state index < -0.39 is 10.0 Å². The van der Waals surface area contributed by atoms with Gasteiger partial charge < -0.3 is 15.5 Å². The van der Waals surface area contributed by atoms with E-state index in [1.807, 2.05) is 0 Å². The molecule has 1 fully saturated rings. The van der Waals surface area contributed by atoms with Gasteiger partial charge in [-0.15, -0.1) is 16.8 Å². The highest BCUT2D eigenvalue weighted by molar-refractivity contribution is 7.90. The highest BCUT2D eigenvalue weighted by Gasteiger charge is 2.30. The number of hydrogen-bond donors (Lipinski definition) is 2. The molecule has 0 saturated carbocycles. The van der Waals surface area contributed by atoms with Crippen molar-refractivity contribution in [1.82, 2.24) is 15.5 Å². The fourth-order valence-electron chi connectivity index (χ4n) is 2.63. The SMILES string of the molecule is Cl.O=C(N[C@H]1CCCNC1)C1=CC=CN2CCS(=O)(=O)N=C12. The highest BCUT2D eigenvalue weighted by Crippen LogP contribution is 2.18. The molecule has 22 heavy (non-hydrogen) atoms. The van der Waals surface area contributed by atoms with Gasteiger partial charge in [-0.2, -0.15) is 0 Å². The van der Waals surface area contributed by atoms with Gasteiger partial charge in [-0.05, 0) is 31.5 Å². The minimum atomic E-state index is -3.47. The van der Waals surface area contributed by atoms with Gasteiger partial charge in [-0.1, -0.05) is 0 Å². The third kappa shape index (κ3) is 3.68. The van der Waals surface area contributed by atoms with Gasteiger partial charge in [-0.25, -0.2) is 8.42 Å². The third-order valence-corrected chi connectivity index (χ3v) is 4.88. The number of halogens is 1. The average molecular weight is 347 g/mol. The summed E-state index contributed by atoms with van der Waals surface area (Å²) in [5.74, 6) is -0.0682. The van der Waals surface area contributed by atoms with Crippen LogP contribution < -0.4 is 10.6 Å². The zero-order valence-electron chi connectivity index (χ0n) is 12.0. The van der Waals surface area contributed by atoms with Crippen molar-refractivity contribution in [3.63, 3.8) is 0 Å². The Bertz CT molecular complexity index is 636. The summed E-state index contributed by atoms with van der Waals surface area (Å²) in [4.78, 5) is 14.1. The van der Waals surface area contributed by atoms with Gasteiger partial charge in [-0.3, -0.25) is 4.79 Å². The minimum Gasteiger partial charge on any atom is -0.348 e. The van der Waals surface area contributed by atoms with E-state index in [1.54, 1.807) is 23.3 Å². The lowest BCUT2D eigenvalue weighted by molar-refractivity contribution is -0.117. The average Bonchev–Trinajstić information content (AvgIpc) is 2.46. The van der Waals surface area contributed by atoms with Crippen LogP contribution in [0.15, 0.2) is 28.3 Å². The Morgan fingerprint density at radius 3 is 3.00 bits per heavy atom. The predicted molar refractivity (Wildman–Crippen MR) is 86.4 cm³/mol. The van der Waals surface area contributed by atoms with Crippen LogP contribution in [-0.2, 0) is 14.8 Å². The molecule has 1 amide bonds. The molecule has 3 heterocycles. The molecule has 1 saturated heterocycles. The molecule has 122 valence electrons. The summed E-state index contributed by atoms with van der Waals surface area (Å²) in [6.45, 7) is 2.03. The van der Waals surface area contributed by atoms with Crippen LogP contribution in [0.25, 0.3) is 0 Å². The first kappa shape index (κ1) is 17.0. The Morgan fingerprint density at radius 1 is 1.45 bits per heavy atom. The van der Waals surface area contributed by atoms with Crippen LogP contribution in [0.5, 0.6) is 0 Å². The van der Waals surface area contributed by atoms with E-state index in [0.717, 1.165) is 25.9 Å². The number of nitrogens with zero attached hydrogens (tertiary/aromatic N) is 2. The summed E-state index contributed by atoms with van der Waals surface area (Å²) in [6, 6.07) is 0.0762. The predicted octanol–water partition coefficient (Wildman–Crippen LogP) is -0.226. The second-order valence-electron chi connectivity index (χ2n) is 5.33. The highest BCUT2D eigenvalue weighted by atomic mass is 35.5. The van der Waals surface area contributed by atoms with Crippen molar-refractivity contribution in [2.45, 2.75) is 18.9 Å². The number of nitrogens with one attached hydrogen (secondary N) is 2. The molecule has 0 radical (unpaired) electrons. The van der Waals surface area contributed by atoms with Crippen molar-refractivity contribution in [1.29, 1.82) is 0 Å². The molecule has 0 spiro atoms. The van der Waals surface area contributed by atoms with Crippen molar-refractivity contribution in [2.24, 2.45) is 4.40 Å². The van der Waals surface area contributed by atoms with Gasteiger partial charge in [0.25, 0.3) is 15.9 Å². The summed E-state index contributed by atoms with van der Waals surface area (Å²) in [6.07, 6.45) is 7.04. The molecular formula is C13H19ClN4O3S. The molecule has 0 aliphatic carbocycles. The first-order valence-corrected chi connectivity index (χ1v) is 8.66. The molecule has 3 rings (SSSR count). The lowest BCUT2D eigenvalue weighted by Crippen LogP contribution is -2.48. The van der Waals surface area contributed by atoms with Gasteiger partial charge in [0.15, 0.2) is 5.84 Å². The molecule has 0 bridgehead atoms. The van der Waals surface area contributed by atoms with Crippen LogP contribution in [-0.4, -0.2) is 56.5 Å². The number of fused-ring (bicyclic) bond motifs is 1. The van der Waals surface area contributed by atoms with Crippen molar-refractivity contribution in [3.8, 4) is 0 Å². The van der Waals surface area contributed by atoms with Gasteiger partial charge in [0.2, 0.25) is 0 Å². The van der Waals surface area contributed by atoms with Crippen LogP contribution in [0.3, 0.4) is 0 Å². The van der Waals surface area contributed by atoms with Gasteiger partial charge in [0.1, 0.15) is 0 Å². The molecule has 1 atom stereocenters. The summed E-state index contributed by atoms with van der Waals surface area (Å²) in [5.41, 5.74) is 0.311. The van der Waals surface area contributed by atoms with Crippen LogP contribution in [0.2, 0.25) is 0 Å². The summed E-state index contributed by atoms with van der Waals surface area (Å²) >= 11 is 0. The standard InChI is InChI=1S/C13H18N4O3S.ClH/c18-13(15-10-3-1-5-14-9-10)11-4-2-6-17-7-8-21(19,20)16-12(11)17;/h2,4,6,10,14H,1,3,5,7-9H2,(H,15,18);1H/t10-;/m0./s1. The first-order valence-electron chi connectivity index (χ1n) is 7.05. The zero-order valence-corrected chi connectivity index (χ0v) is 13.6. The third-order valence-electron chi connectivity index (χ3n) is 3.73. The molecule has 7 nitrogen and oxygen atoms in total. The maximum atomic E-state index is 12.4. The number of amides is 1. The van der Waals surface area contributed by atoms with Crippen molar-refractivity contribution in [2.75, 3.05) is 25.4 Å². The van der Waals surface area contributed by atoms with Crippen LogP contribution in [0.1, 0.15) is 12.8 Å². The lowest BCUT2D eigenvalue weighted by Gasteiger charge is -2.30. The van der Waals surface area contributed by atoms with Crippen molar-refractivity contribution >= 4 is 34.2 Å². The first-order chi connectivity index (χ1) is 10.1. The largest absolute Gasteiger partial charge is 0.348 e. The van der Waals surface area contributed by atoms with Gasteiger partial charge in [0, 0.05) is 25.3 Å². The van der Waals surface area contributed by atoms with E-state index in [2.05, 4.69) is 15.0 Å². The minimum absolute atomic E-state index is 0. The molecule has 3 aliphatic heterocycles. The van der Waals surface area contributed by atoms with E-state index in [0.29, 0.717) is 12.1 Å². The molecule has 2 N–H and O–H groups in total. The maximum absolute atomic E-state index is 12.4. The van der Waals surface area contributed by atoms with E-state index in [9.17, 15) is 13.2 Å². The number of carbonyl (C=O) groups excluding carboxylic acids is 1. The second-order valence-corrected chi connectivity index (χ2v) is 7.09. The number of amidine groups is 1. The van der Waals surface area contributed by atoms with Crippen molar-refractivity contribution < 1.29 is 13.2 Å². The summed E-state index contributed by atoms with van der Waals surface area (Å²) in [5, 5.41) is 6.17. The molecule has 0 aromatic rings. The Labute approximate surface area is 136 Å². The molecule has 0 aromatic heterocycles. The molecule has 9 heteroatoms. The van der Waals surface area contributed by atoms with E-state index in [4.69, 9.17) is 0 Å². The quantitative estimate of drug-likeness (QED) is 0.721. The van der Waals surface area contributed by atoms with Crippen LogP contribution in [0.4, 0.5) is 0 Å². The maximum Gasteiger partial charge on any atom is 0.256 e. The van der Waals surface area contributed by atoms with E-state index in [1.165, 1.54) is 0 Å². The Hall–Kier alpha value is -1.38. The monoisotopic (exact) mass is 346 g/mol. The Balaban J connectivity index is 0.00000176. The van der Waals surface area contributed by atoms with Gasteiger partial charge >= 0.3 is 0 Å². The molecular weight excluding hydrogens is 328 g/mol. The molecule has 3 aliphatic rings. The number of carbonyl (C=O) groups is 1. The fraction of sp³-hybridized carbons (Fsp3) is 0.538. The van der Waals surface area contributed by atoms with Crippen molar-refractivity contribution in [3.05, 3.63) is 23.9 Å². The molecule has 0 unspecified atom stereocenters. The number of rotatable bonds is 2. The van der Waals surface area contributed by atoms with E-state index >= 15 is 0 Å².